The van der Waals surface area contributed by atoms with Gasteiger partial charge in [0.1, 0.15) is 0 Å². The second-order valence-corrected chi connectivity index (χ2v) is 6.04. The SMILES string of the molecule is CC(O)S(=O)(=O)O.O=S(=O)(O)c1ccccc1. The Labute approximate surface area is 99.2 Å². The van der Waals surface area contributed by atoms with Crippen molar-refractivity contribution >= 4 is 20.2 Å². The molecule has 0 spiro atoms. The molecule has 1 aromatic carbocycles. The van der Waals surface area contributed by atoms with Crippen molar-refractivity contribution in [2.24, 2.45) is 0 Å². The van der Waals surface area contributed by atoms with E-state index in [4.69, 9.17) is 14.2 Å². The Morgan fingerprint density at radius 3 is 1.53 bits per heavy atom. The van der Waals surface area contributed by atoms with Crippen molar-refractivity contribution in [3.63, 3.8) is 0 Å². The lowest BCUT2D eigenvalue weighted by Gasteiger charge is -1.94. The fourth-order valence-electron chi connectivity index (χ4n) is 0.592. The molecule has 0 aliphatic heterocycles. The Balaban J connectivity index is 0.000000325. The fourth-order valence-corrected chi connectivity index (χ4v) is 1.09. The fraction of sp³-hybridized carbons (Fsp3) is 0.250. The quantitative estimate of drug-likeness (QED) is 0.659. The summed E-state index contributed by atoms with van der Waals surface area (Å²) in [6.07, 6.45) is 0. The summed E-state index contributed by atoms with van der Waals surface area (Å²) >= 11 is 0. The van der Waals surface area contributed by atoms with E-state index in [0.717, 1.165) is 6.92 Å². The van der Waals surface area contributed by atoms with Crippen LogP contribution in [0.25, 0.3) is 0 Å². The molecule has 7 nitrogen and oxygen atoms in total. The van der Waals surface area contributed by atoms with Gasteiger partial charge in [-0.1, -0.05) is 18.2 Å². The lowest BCUT2D eigenvalue weighted by Crippen LogP contribution is -2.14. The predicted molar refractivity (Wildman–Crippen MR) is 59.5 cm³/mol. The standard InChI is InChI=1S/C6H6O3S.C2H6O4S/c7-10(8,9)6-4-2-1-3-5-6;1-2(3)7(4,5)6/h1-5H,(H,7,8,9);2-3H,1H3,(H,4,5,6). The van der Waals surface area contributed by atoms with Crippen LogP contribution in [0, 0.1) is 0 Å². The molecule has 0 heterocycles. The monoisotopic (exact) mass is 284 g/mol. The van der Waals surface area contributed by atoms with Crippen LogP contribution in [0.3, 0.4) is 0 Å². The normalized spacial score (nSPS) is 13.4. The van der Waals surface area contributed by atoms with Gasteiger partial charge < -0.3 is 5.11 Å². The van der Waals surface area contributed by atoms with E-state index in [1.54, 1.807) is 18.2 Å². The molecule has 0 aliphatic rings. The molecule has 17 heavy (non-hydrogen) atoms. The van der Waals surface area contributed by atoms with Crippen LogP contribution in [0.4, 0.5) is 0 Å². The van der Waals surface area contributed by atoms with Crippen molar-refractivity contribution in [2.45, 2.75) is 17.3 Å². The van der Waals surface area contributed by atoms with Gasteiger partial charge in [0.25, 0.3) is 20.2 Å². The Morgan fingerprint density at radius 2 is 1.35 bits per heavy atom. The van der Waals surface area contributed by atoms with E-state index in [1.165, 1.54) is 12.1 Å². The van der Waals surface area contributed by atoms with E-state index in [0.29, 0.717) is 0 Å². The molecule has 0 saturated carbocycles. The Morgan fingerprint density at radius 1 is 1.00 bits per heavy atom. The van der Waals surface area contributed by atoms with Gasteiger partial charge >= 0.3 is 0 Å². The molecule has 1 rings (SSSR count). The topological polar surface area (TPSA) is 129 Å². The lowest BCUT2D eigenvalue weighted by molar-refractivity contribution is 0.252. The van der Waals surface area contributed by atoms with Gasteiger partial charge in [-0.15, -0.1) is 0 Å². The van der Waals surface area contributed by atoms with E-state index < -0.39 is 25.7 Å². The third-order valence-electron chi connectivity index (χ3n) is 1.47. The summed E-state index contributed by atoms with van der Waals surface area (Å²) in [5.41, 5.74) is -1.67. The predicted octanol–water partition coefficient (Wildman–Crippen LogP) is 0.146. The smallest absolute Gasteiger partial charge is 0.294 e. The van der Waals surface area contributed by atoms with Crippen molar-refractivity contribution in [1.82, 2.24) is 0 Å². The van der Waals surface area contributed by atoms with E-state index in [9.17, 15) is 16.8 Å². The van der Waals surface area contributed by atoms with Crippen LogP contribution < -0.4 is 0 Å². The van der Waals surface area contributed by atoms with Crippen molar-refractivity contribution < 1.29 is 31.0 Å². The lowest BCUT2D eigenvalue weighted by atomic mass is 10.4. The zero-order chi connectivity index (χ0) is 13.7. The van der Waals surface area contributed by atoms with E-state index in [-0.39, 0.29) is 4.90 Å². The minimum Gasteiger partial charge on any atom is -0.375 e. The maximum Gasteiger partial charge on any atom is 0.294 e. The van der Waals surface area contributed by atoms with Crippen LogP contribution in [0.5, 0.6) is 0 Å². The van der Waals surface area contributed by atoms with Crippen molar-refractivity contribution in [3.8, 4) is 0 Å². The highest BCUT2D eigenvalue weighted by atomic mass is 32.2. The van der Waals surface area contributed by atoms with Crippen LogP contribution in [0.1, 0.15) is 6.92 Å². The Bertz CT molecular complexity index is 530. The molecule has 0 saturated heterocycles. The number of benzene rings is 1. The summed E-state index contributed by atoms with van der Waals surface area (Å²) < 4.78 is 56.3. The zero-order valence-corrected chi connectivity index (χ0v) is 10.4. The molecule has 0 radical (unpaired) electrons. The van der Waals surface area contributed by atoms with Gasteiger partial charge in [0, 0.05) is 0 Å². The molecule has 0 bridgehead atoms. The third kappa shape index (κ3) is 7.02. The van der Waals surface area contributed by atoms with Gasteiger partial charge in [0.2, 0.25) is 0 Å². The molecular formula is C8H12O7S2. The van der Waals surface area contributed by atoms with Crippen LogP contribution >= 0.6 is 0 Å². The van der Waals surface area contributed by atoms with Gasteiger partial charge in [-0.2, -0.15) is 16.8 Å². The van der Waals surface area contributed by atoms with Crippen LogP contribution in [-0.4, -0.2) is 36.5 Å². The highest BCUT2D eigenvalue weighted by Gasteiger charge is 2.10. The second kappa shape index (κ2) is 6.07. The Kier molecular flexibility index (Phi) is 5.72. The Hall–Kier alpha value is -1.00. The number of aliphatic hydroxyl groups is 1. The first kappa shape index (κ1) is 16.0. The van der Waals surface area contributed by atoms with Crippen molar-refractivity contribution in [2.75, 3.05) is 0 Å². The summed E-state index contributed by atoms with van der Waals surface area (Å²) in [7, 11) is -8.19. The van der Waals surface area contributed by atoms with Gasteiger partial charge in [-0.05, 0) is 19.1 Å². The third-order valence-corrected chi connectivity index (χ3v) is 3.20. The molecule has 0 amide bonds. The summed E-state index contributed by atoms with van der Waals surface area (Å²) in [5.74, 6) is 0. The van der Waals surface area contributed by atoms with E-state index >= 15 is 0 Å². The number of aliphatic hydroxyl groups excluding tert-OH is 1. The minimum absolute atomic E-state index is 0.0741. The van der Waals surface area contributed by atoms with Crippen molar-refractivity contribution in [1.29, 1.82) is 0 Å². The van der Waals surface area contributed by atoms with Gasteiger partial charge in [0.15, 0.2) is 5.44 Å². The molecule has 1 unspecified atom stereocenters. The van der Waals surface area contributed by atoms with E-state index in [1.807, 2.05) is 0 Å². The first-order valence-corrected chi connectivity index (χ1v) is 7.16. The zero-order valence-electron chi connectivity index (χ0n) is 8.76. The van der Waals surface area contributed by atoms with Gasteiger partial charge in [-0.3, -0.25) is 9.11 Å². The highest BCUT2D eigenvalue weighted by Crippen LogP contribution is 2.05. The first-order chi connectivity index (χ1) is 7.55. The maximum atomic E-state index is 10.4. The molecular weight excluding hydrogens is 272 g/mol. The van der Waals surface area contributed by atoms with Crippen LogP contribution in [-0.2, 0) is 20.2 Å². The molecule has 9 heteroatoms. The van der Waals surface area contributed by atoms with Gasteiger partial charge in [-0.25, -0.2) is 0 Å². The first-order valence-electron chi connectivity index (χ1n) is 4.22. The molecule has 1 aromatic rings. The largest absolute Gasteiger partial charge is 0.375 e. The van der Waals surface area contributed by atoms with Crippen LogP contribution in [0.15, 0.2) is 35.2 Å². The minimum atomic E-state index is -4.19. The van der Waals surface area contributed by atoms with Crippen molar-refractivity contribution in [3.05, 3.63) is 30.3 Å². The number of hydrogen-bond acceptors (Lipinski definition) is 5. The molecule has 98 valence electrons. The number of rotatable bonds is 2. The average Bonchev–Trinajstić information content (AvgIpc) is 2.17. The van der Waals surface area contributed by atoms with Gasteiger partial charge in [0.05, 0.1) is 4.90 Å². The maximum absolute atomic E-state index is 10.4. The van der Waals surface area contributed by atoms with E-state index in [2.05, 4.69) is 0 Å². The second-order valence-electron chi connectivity index (χ2n) is 2.90. The summed E-state index contributed by atoms with van der Waals surface area (Å²) in [4.78, 5) is -0.0741. The summed E-state index contributed by atoms with van der Waals surface area (Å²) in [5, 5.41) is 8.05. The molecule has 3 N–H and O–H groups in total. The average molecular weight is 284 g/mol. The molecule has 0 fully saturated rings. The summed E-state index contributed by atoms with van der Waals surface area (Å²) in [6.45, 7) is 0.968. The van der Waals surface area contributed by atoms with Crippen LogP contribution in [0.2, 0.25) is 0 Å². The summed E-state index contributed by atoms with van der Waals surface area (Å²) in [6, 6.07) is 7.42. The molecule has 0 aliphatic carbocycles. The molecule has 0 aromatic heterocycles. The highest BCUT2D eigenvalue weighted by molar-refractivity contribution is 7.86. The number of hydrogen-bond donors (Lipinski definition) is 3. The molecule has 1 atom stereocenters.